The summed E-state index contributed by atoms with van der Waals surface area (Å²) in [5, 5.41) is 12.8. The van der Waals surface area contributed by atoms with Gasteiger partial charge < -0.3 is 20.3 Å². The Balaban J connectivity index is 1.44. The van der Waals surface area contributed by atoms with Crippen LogP contribution in [0.5, 0.6) is 5.75 Å². The van der Waals surface area contributed by atoms with Gasteiger partial charge in [-0.3, -0.25) is 0 Å². The number of aryl methyl sites for hydroxylation is 2. The first-order valence-corrected chi connectivity index (χ1v) is 8.84. The van der Waals surface area contributed by atoms with E-state index in [1.165, 1.54) is 0 Å². The lowest BCUT2D eigenvalue weighted by atomic mass is 9.94. The Hall–Kier alpha value is -2.50. The van der Waals surface area contributed by atoms with E-state index in [0.717, 1.165) is 54.7 Å². The molecule has 1 aliphatic rings. The van der Waals surface area contributed by atoms with Crippen LogP contribution >= 0.6 is 0 Å². The van der Waals surface area contributed by atoms with Gasteiger partial charge in [-0.2, -0.15) is 0 Å². The van der Waals surface area contributed by atoms with E-state index in [0.29, 0.717) is 18.2 Å². The van der Waals surface area contributed by atoms with E-state index in [1.807, 2.05) is 37.1 Å². The third-order valence-electron chi connectivity index (χ3n) is 4.98. The topological polar surface area (TPSA) is 81.2 Å². The molecule has 0 bridgehead atoms. The quantitative estimate of drug-likeness (QED) is 0.799. The molecule has 1 aromatic heterocycles. The monoisotopic (exact) mass is 342 g/mol. The first-order chi connectivity index (χ1) is 12.0. The number of aromatic hydroxyl groups is 1. The van der Waals surface area contributed by atoms with E-state index in [-0.39, 0.29) is 6.03 Å². The highest BCUT2D eigenvalue weighted by Crippen LogP contribution is 2.26. The minimum atomic E-state index is 0.00952. The Kier molecular flexibility index (Phi) is 5.26. The van der Waals surface area contributed by atoms with E-state index in [9.17, 15) is 9.90 Å². The van der Waals surface area contributed by atoms with Crippen LogP contribution in [0, 0.1) is 13.8 Å². The number of rotatable bonds is 4. The highest BCUT2D eigenvalue weighted by molar-refractivity contribution is 5.74. The predicted molar refractivity (Wildman–Crippen MR) is 96.8 cm³/mol. The lowest BCUT2D eigenvalue weighted by Crippen LogP contribution is -2.44. The van der Waals surface area contributed by atoms with Gasteiger partial charge in [-0.15, -0.1) is 0 Å². The molecule has 1 aliphatic heterocycles. The molecule has 1 aromatic carbocycles. The first-order valence-electron chi connectivity index (χ1n) is 8.84. The summed E-state index contributed by atoms with van der Waals surface area (Å²) in [6, 6.07) is 3.96. The number of hydrogen-bond acceptors (Lipinski definition) is 3. The van der Waals surface area contributed by atoms with Crippen molar-refractivity contribution < 1.29 is 9.90 Å². The second kappa shape index (κ2) is 7.59. The highest BCUT2D eigenvalue weighted by atomic mass is 16.3. The zero-order valence-corrected chi connectivity index (χ0v) is 14.9. The van der Waals surface area contributed by atoms with Gasteiger partial charge in [0.1, 0.15) is 5.75 Å². The Morgan fingerprint density at radius 3 is 2.60 bits per heavy atom. The predicted octanol–water partition coefficient (Wildman–Crippen LogP) is 2.86. The summed E-state index contributed by atoms with van der Waals surface area (Å²) in [5.41, 5.74) is 4.05. The third-order valence-corrected chi connectivity index (χ3v) is 4.98. The lowest BCUT2D eigenvalue weighted by molar-refractivity contribution is 0.181. The summed E-state index contributed by atoms with van der Waals surface area (Å²) in [6.07, 6.45) is 6.28. The highest BCUT2D eigenvalue weighted by Gasteiger charge is 2.24. The second-order valence-electron chi connectivity index (χ2n) is 6.83. The number of aromatic amines is 1. The molecule has 0 saturated carbocycles. The van der Waals surface area contributed by atoms with Crippen molar-refractivity contribution in [3.63, 3.8) is 0 Å². The van der Waals surface area contributed by atoms with E-state index < -0.39 is 0 Å². The SMILES string of the molecule is Cc1cc(CCNC(=O)N2CCC(c3cnc[nH]3)CC2)cc(C)c1O. The Labute approximate surface area is 148 Å². The Morgan fingerprint density at radius 1 is 1.32 bits per heavy atom. The molecule has 0 unspecified atom stereocenters. The molecule has 1 fully saturated rings. The number of aromatic nitrogens is 2. The van der Waals surface area contributed by atoms with Crippen molar-refractivity contribution in [1.82, 2.24) is 20.2 Å². The number of hydrogen-bond donors (Lipinski definition) is 3. The van der Waals surface area contributed by atoms with Gasteiger partial charge in [0.25, 0.3) is 0 Å². The maximum Gasteiger partial charge on any atom is 0.317 e. The van der Waals surface area contributed by atoms with E-state index in [1.54, 1.807) is 6.33 Å². The molecule has 6 nitrogen and oxygen atoms in total. The van der Waals surface area contributed by atoms with Gasteiger partial charge in [0.05, 0.1) is 6.33 Å². The van der Waals surface area contributed by atoms with Gasteiger partial charge >= 0.3 is 6.03 Å². The fourth-order valence-electron chi connectivity index (χ4n) is 3.50. The lowest BCUT2D eigenvalue weighted by Gasteiger charge is -2.31. The largest absolute Gasteiger partial charge is 0.507 e. The minimum absolute atomic E-state index is 0.00952. The number of piperidine rings is 1. The molecule has 0 aliphatic carbocycles. The van der Waals surface area contributed by atoms with Gasteiger partial charge in [0.15, 0.2) is 0 Å². The number of H-pyrrole nitrogens is 1. The van der Waals surface area contributed by atoms with Crippen LogP contribution in [0.15, 0.2) is 24.7 Å². The summed E-state index contributed by atoms with van der Waals surface area (Å²) in [5.74, 6) is 0.822. The van der Waals surface area contributed by atoms with Gasteiger partial charge in [-0.1, -0.05) is 12.1 Å². The molecule has 1 saturated heterocycles. The summed E-state index contributed by atoms with van der Waals surface area (Å²) in [4.78, 5) is 21.5. The standard InChI is InChI=1S/C19H26N4O2/c1-13-9-15(10-14(2)18(13)24)3-6-21-19(25)23-7-4-16(5-8-23)17-11-20-12-22-17/h9-12,16,24H,3-8H2,1-2H3,(H,20,22)(H,21,25). The molecule has 134 valence electrons. The second-order valence-corrected chi connectivity index (χ2v) is 6.83. The summed E-state index contributed by atoms with van der Waals surface area (Å²) in [7, 11) is 0. The fourth-order valence-corrected chi connectivity index (χ4v) is 3.50. The number of nitrogens with zero attached hydrogens (tertiary/aromatic N) is 2. The average Bonchev–Trinajstić information content (AvgIpc) is 3.14. The number of benzene rings is 1. The van der Waals surface area contributed by atoms with E-state index in [4.69, 9.17) is 0 Å². The molecule has 2 heterocycles. The van der Waals surface area contributed by atoms with Crippen LogP contribution in [0.2, 0.25) is 0 Å². The zero-order valence-electron chi connectivity index (χ0n) is 14.9. The van der Waals surface area contributed by atoms with Crippen LogP contribution in [0.3, 0.4) is 0 Å². The average molecular weight is 342 g/mol. The molecule has 25 heavy (non-hydrogen) atoms. The number of carbonyl (C=O) groups is 1. The van der Waals surface area contributed by atoms with Crippen LogP contribution in [0.25, 0.3) is 0 Å². The van der Waals surface area contributed by atoms with Gasteiger partial charge in [0, 0.05) is 37.4 Å². The van der Waals surface area contributed by atoms with E-state index in [2.05, 4.69) is 15.3 Å². The molecular weight excluding hydrogens is 316 g/mol. The first kappa shape index (κ1) is 17.3. The normalized spacial score (nSPS) is 15.4. The third kappa shape index (κ3) is 4.13. The summed E-state index contributed by atoms with van der Waals surface area (Å²) in [6.45, 7) is 5.94. The number of nitrogens with one attached hydrogen (secondary N) is 2. The molecule has 3 N–H and O–H groups in total. The summed E-state index contributed by atoms with van der Waals surface area (Å²) >= 11 is 0. The van der Waals surface area contributed by atoms with Crippen molar-refractivity contribution in [2.75, 3.05) is 19.6 Å². The zero-order chi connectivity index (χ0) is 17.8. The van der Waals surface area contributed by atoms with Gasteiger partial charge in [-0.25, -0.2) is 9.78 Å². The molecule has 6 heteroatoms. The van der Waals surface area contributed by atoms with Crippen molar-refractivity contribution in [1.29, 1.82) is 0 Å². The molecule has 3 rings (SSSR count). The van der Waals surface area contributed by atoms with Crippen LogP contribution in [0.1, 0.15) is 41.1 Å². The summed E-state index contributed by atoms with van der Waals surface area (Å²) < 4.78 is 0. The van der Waals surface area contributed by atoms with Crippen LogP contribution in [-0.4, -0.2) is 45.6 Å². The molecule has 0 atom stereocenters. The van der Waals surface area contributed by atoms with Crippen molar-refractivity contribution in [3.8, 4) is 5.75 Å². The number of phenols is 1. The molecule has 2 amide bonds. The van der Waals surface area contributed by atoms with Crippen molar-refractivity contribution in [2.24, 2.45) is 0 Å². The molecular formula is C19H26N4O2. The maximum absolute atomic E-state index is 12.3. The van der Waals surface area contributed by atoms with Crippen molar-refractivity contribution in [3.05, 3.63) is 47.0 Å². The Bertz CT molecular complexity index is 696. The number of likely N-dealkylation sites (tertiary alicyclic amines) is 1. The Morgan fingerprint density at radius 2 is 2.00 bits per heavy atom. The maximum atomic E-state index is 12.3. The van der Waals surface area contributed by atoms with Gasteiger partial charge in [0.2, 0.25) is 0 Å². The smallest absolute Gasteiger partial charge is 0.317 e. The molecule has 0 radical (unpaired) electrons. The minimum Gasteiger partial charge on any atom is -0.507 e. The number of amides is 2. The van der Waals surface area contributed by atoms with E-state index >= 15 is 0 Å². The number of urea groups is 1. The van der Waals surface area contributed by atoms with Crippen LogP contribution in [0.4, 0.5) is 4.79 Å². The number of imidazole rings is 1. The van der Waals surface area contributed by atoms with Crippen LogP contribution < -0.4 is 5.32 Å². The number of carbonyl (C=O) groups excluding carboxylic acids is 1. The number of phenolic OH excluding ortho intramolecular Hbond substituents is 1. The molecule has 2 aromatic rings. The van der Waals surface area contributed by atoms with Gasteiger partial charge in [-0.05, 0) is 49.8 Å². The molecule has 0 spiro atoms. The van der Waals surface area contributed by atoms with Crippen molar-refractivity contribution in [2.45, 2.75) is 39.0 Å². The van der Waals surface area contributed by atoms with Crippen LogP contribution in [-0.2, 0) is 6.42 Å². The fraction of sp³-hybridized carbons (Fsp3) is 0.474. The van der Waals surface area contributed by atoms with Crippen molar-refractivity contribution >= 4 is 6.03 Å².